The zero-order valence-electron chi connectivity index (χ0n) is 19.6. The summed E-state index contributed by atoms with van der Waals surface area (Å²) in [6.45, 7) is 2.92. The highest BCUT2D eigenvalue weighted by Gasteiger charge is 2.31. The average molecular weight is 487 g/mol. The number of unbranched alkanes of at least 4 members (excludes halogenated alkanes) is 5. The molecule has 0 amide bonds. The van der Waals surface area contributed by atoms with Crippen molar-refractivity contribution in [2.45, 2.75) is 51.8 Å². The maximum Gasteiger partial charge on any atom is 0.573 e. The van der Waals surface area contributed by atoms with Gasteiger partial charge in [0.1, 0.15) is 17.2 Å². The topological polar surface area (TPSA) is 44.8 Å². The minimum absolute atomic E-state index is 0.116. The molecule has 3 aromatic rings. The number of esters is 1. The maximum absolute atomic E-state index is 12.4. The zero-order valence-corrected chi connectivity index (χ0v) is 19.6. The summed E-state index contributed by atoms with van der Waals surface area (Å²) in [5.74, 6) is -0.0562. The van der Waals surface area contributed by atoms with Crippen LogP contribution in [0.1, 0.15) is 55.8 Å². The Morgan fingerprint density at radius 1 is 0.686 bits per heavy atom. The molecule has 0 heterocycles. The van der Waals surface area contributed by atoms with Gasteiger partial charge < -0.3 is 14.2 Å². The van der Waals surface area contributed by atoms with Crippen LogP contribution in [-0.4, -0.2) is 18.9 Å². The van der Waals surface area contributed by atoms with Gasteiger partial charge in [-0.1, -0.05) is 63.3 Å². The fraction of sp³-hybridized carbons (Fsp3) is 0.321. The summed E-state index contributed by atoms with van der Waals surface area (Å²) in [5.41, 5.74) is 2.23. The van der Waals surface area contributed by atoms with Crippen molar-refractivity contribution >= 4 is 5.97 Å². The molecule has 0 aliphatic heterocycles. The second-order valence-corrected chi connectivity index (χ2v) is 8.13. The van der Waals surface area contributed by atoms with Crippen LogP contribution in [0, 0.1) is 0 Å². The average Bonchev–Trinajstić information content (AvgIpc) is 2.84. The number of ether oxygens (including phenoxy) is 3. The number of hydrogen-bond acceptors (Lipinski definition) is 4. The van der Waals surface area contributed by atoms with Gasteiger partial charge in [0.2, 0.25) is 0 Å². The Balaban J connectivity index is 1.48. The van der Waals surface area contributed by atoms with Gasteiger partial charge in [-0.25, -0.2) is 4.79 Å². The molecule has 0 fully saturated rings. The van der Waals surface area contributed by atoms with E-state index < -0.39 is 12.3 Å². The Morgan fingerprint density at radius 2 is 1.20 bits per heavy atom. The van der Waals surface area contributed by atoms with Crippen LogP contribution in [-0.2, 0) is 0 Å². The molecule has 0 N–H and O–H groups in total. The van der Waals surface area contributed by atoms with Crippen molar-refractivity contribution < 1.29 is 32.2 Å². The van der Waals surface area contributed by atoms with E-state index in [0.717, 1.165) is 35.4 Å². The van der Waals surface area contributed by atoms with Crippen molar-refractivity contribution in [3.05, 3.63) is 78.4 Å². The predicted molar refractivity (Wildman–Crippen MR) is 129 cm³/mol. The van der Waals surface area contributed by atoms with Crippen molar-refractivity contribution in [2.75, 3.05) is 6.61 Å². The number of carbonyl (C=O) groups is 1. The fourth-order valence-corrected chi connectivity index (χ4v) is 3.49. The molecular formula is C28H29F3O4. The normalized spacial score (nSPS) is 11.2. The lowest BCUT2D eigenvalue weighted by Crippen LogP contribution is -2.17. The fourth-order valence-electron chi connectivity index (χ4n) is 3.49. The highest BCUT2D eigenvalue weighted by atomic mass is 19.4. The Bertz CT molecular complexity index is 1040. The highest BCUT2D eigenvalue weighted by Crippen LogP contribution is 2.26. The number of benzene rings is 3. The van der Waals surface area contributed by atoms with Crippen molar-refractivity contribution in [2.24, 2.45) is 0 Å². The first-order valence-electron chi connectivity index (χ1n) is 11.8. The van der Waals surface area contributed by atoms with Crippen LogP contribution in [0.25, 0.3) is 11.1 Å². The van der Waals surface area contributed by atoms with Gasteiger partial charge in [0.05, 0.1) is 12.2 Å². The Hall–Kier alpha value is -3.48. The first-order valence-corrected chi connectivity index (χ1v) is 11.8. The third-order valence-corrected chi connectivity index (χ3v) is 5.34. The van der Waals surface area contributed by atoms with Crippen LogP contribution in [0.5, 0.6) is 17.2 Å². The van der Waals surface area contributed by atoms with Crippen molar-refractivity contribution in [1.29, 1.82) is 0 Å². The van der Waals surface area contributed by atoms with Gasteiger partial charge in [-0.15, -0.1) is 13.2 Å². The quantitative estimate of drug-likeness (QED) is 0.147. The van der Waals surface area contributed by atoms with Crippen LogP contribution in [0.2, 0.25) is 0 Å². The highest BCUT2D eigenvalue weighted by molar-refractivity contribution is 5.91. The lowest BCUT2D eigenvalue weighted by molar-refractivity contribution is -0.274. The standard InChI is InChI=1S/C28H29F3O4/c1-2-3-4-5-6-7-20-33-24-14-12-22(13-15-24)21-8-10-23(11-9-21)27(32)34-25-16-18-26(19-17-25)35-28(29,30)31/h8-19H,2-7,20H2,1H3. The van der Waals surface area contributed by atoms with E-state index in [1.807, 2.05) is 36.4 Å². The molecule has 3 rings (SSSR count). The summed E-state index contributed by atoms with van der Waals surface area (Å²) in [7, 11) is 0. The number of rotatable bonds is 12. The van der Waals surface area contributed by atoms with Gasteiger partial charge in [-0.2, -0.15) is 0 Å². The summed E-state index contributed by atoms with van der Waals surface area (Å²) in [4.78, 5) is 12.4. The summed E-state index contributed by atoms with van der Waals surface area (Å²) in [6, 6.07) is 19.3. The van der Waals surface area contributed by atoms with Crippen LogP contribution in [0.3, 0.4) is 0 Å². The molecule has 0 radical (unpaired) electrons. The number of carbonyl (C=O) groups excluding carboxylic acids is 1. The molecule has 0 saturated heterocycles. The SMILES string of the molecule is CCCCCCCCOc1ccc(-c2ccc(C(=O)Oc3ccc(OC(F)(F)F)cc3)cc2)cc1. The number of alkyl halides is 3. The van der Waals surface area contributed by atoms with Crippen LogP contribution < -0.4 is 14.2 Å². The molecule has 4 nitrogen and oxygen atoms in total. The Labute approximate surface area is 203 Å². The first-order chi connectivity index (χ1) is 16.8. The molecule has 3 aromatic carbocycles. The van der Waals surface area contributed by atoms with Crippen molar-refractivity contribution in [3.63, 3.8) is 0 Å². The van der Waals surface area contributed by atoms with E-state index >= 15 is 0 Å². The molecule has 186 valence electrons. The van der Waals surface area contributed by atoms with Crippen molar-refractivity contribution in [1.82, 2.24) is 0 Å². The molecule has 0 saturated carbocycles. The molecule has 7 heteroatoms. The molecule has 0 atom stereocenters. The van der Waals surface area contributed by atoms with Gasteiger partial charge in [0.15, 0.2) is 0 Å². The third kappa shape index (κ3) is 9.00. The summed E-state index contributed by atoms with van der Waals surface area (Å²) >= 11 is 0. The van der Waals surface area contributed by atoms with Crippen LogP contribution >= 0.6 is 0 Å². The van der Waals surface area contributed by atoms with Gasteiger partial charge in [-0.05, 0) is 66.1 Å². The third-order valence-electron chi connectivity index (χ3n) is 5.34. The van der Waals surface area contributed by atoms with Gasteiger partial charge in [0.25, 0.3) is 0 Å². The zero-order chi connectivity index (χ0) is 25.1. The van der Waals surface area contributed by atoms with Crippen LogP contribution in [0.15, 0.2) is 72.8 Å². The number of halogens is 3. The summed E-state index contributed by atoms with van der Waals surface area (Å²) < 4.78 is 51.6. The largest absolute Gasteiger partial charge is 0.573 e. The Kier molecular flexibility index (Phi) is 9.58. The smallest absolute Gasteiger partial charge is 0.494 e. The van der Waals surface area contributed by atoms with Gasteiger partial charge >= 0.3 is 12.3 Å². The first kappa shape index (κ1) is 26.1. The predicted octanol–water partition coefficient (Wildman–Crippen LogP) is 8.21. The summed E-state index contributed by atoms with van der Waals surface area (Å²) in [6.07, 6.45) is 2.54. The molecule has 0 aliphatic rings. The maximum atomic E-state index is 12.4. The molecule has 0 spiro atoms. The molecular weight excluding hydrogens is 457 g/mol. The van der Waals surface area contributed by atoms with E-state index in [4.69, 9.17) is 9.47 Å². The van der Waals surface area contributed by atoms with E-state index in [1.165, 1.54) is 44.2 Å². The van der Waals surface area contributed by atoms with E-state index in [-0.39, 0.29) is 11.5 Å². The second-order valence-electron chi connectivity index (χ2n) is 8.13. The van der Waals surface area contributed by atoms with E-state index in [0.29, 0.717) is 12.2 Å². The van der Waals surface area contributed by atoms with Crippen LogP contribution in [0.4, 0.5) is 13.2 Å². The summed E-state index contributed by atoms with van der Waals surface area (Å²) in [5, 5.41) is 0. The lowest BCUT2D eigenvalue weighted by atomic mass is 10.0. The Morgan fingerprint density at radius 3 is 1.80 bits per heavy atom. The van der Waals surface area contributed by atoms with Gasteiger partial charge in [0, 0.05) is 0 Å². The number of hydrogen-bond donors (Lipinski definition) is 0. The van der Waals surface area contributed by atoms with E-state index in [9.17, 15) is 18.0 Å². The molecule has 0 bridgehead atoms. The van der Waals surface area contributed by atoms with E-state index in [1.54, 1.807) is 12.1 Å². The van der Waals surface area contributed by atoms with E-state index in [2.05, 4.69) is 11.7 Å². The second kappa shape index (κ2) is 12.8. The molecule has 0 aliphatic carbocycles. The minimum Gasteiger partial charge on any atom is -0.494 e. The monoisotopic (exact) mass is 486 g/mol. The lowest BCUT2D eigenvalue weighted by Gasteiger charge is -2.10. The molecule has 0 unspecified atom stereocenters. The van der Waals surface area contributed by atoms with Crippen molar-refractivity contribution in [3.8, 4) is 28.4 Å². The molecule has 35 heavy (non-hydrogen) atoms. The van der Waals surface area contributed by atoms with Gasteiger partial charge in [-0.3, -0.25) is 0 Å². The minimum atomic E-state index is -4.78. The molecule has 0 aromatic heterocycles.